The summed E-state index contributed by atoms with van der Waals surface area (Å²) in [6.07, 6.45) is 10.5. The fourth-order valence-corrected chi connectivity index (χ4v) is 5.50. The van der Waals surface area contributed by atoms with E-state index in [4.69, 9.17) is 0 Å². The molecule has 0 spiro atoms. The second-order valence-electron chi connectivity index (χ2n) is 7.75. The van der Waals surface area contributed by atoms with E-state index in [2.05, 4.69) is 0 Å². The Balaban J connectivity index is 1.54. The van der Waals surface area contributed by atoms with Crippen LogP contribution in [0.5, 0.6) is 0 Å². The summed E-state index contributed by atoms with van der Waals surface area (Å²) in [4.78, 5) is 23.3. The molecule has 0 aliphatic heterocycles. The van der Waals surface area contributed by atoms with Crippen molar-refractivity contribution in [2.24, 2.45) is 23.2 Å². The van der Waals surface area contributed by atoms with Gasteiger partial charge in [0, 0.05) is 17.5 Å². The molecule has 0 heterocycles. The van der Waals surface area contributed by atoms with Crippen LogP contribution in [0.2, 0.25) is 0 Å². The summed E-state index contributed by atoms with van der Waals surface area (Å²) in [6, 6.07) is 6.45. The van der Waals surface area contributed by atoms with Gasteiger partial charge in [-0.25, -0.2) is 0 Å². The van der Waals surface area contributed by atoms with Crippen molar-refractivity contribution < 1.29 is 9.72 Å². The zero-order valence-corrected chi connectivity index (χ0v) is 13.1. The molecule has 23 heavy (non-hydrogen) atoms. The Morgan fingerprint density at radius 3 is 2.30 bits per heavy atom. The van der Waals surface area contributed by atoms with Gasteiger partial charge in [0.15, 0.2) is 5.78 Å². The van der Waals surface area contributed by atoms with Crippen LogP contribution in [0, 0.1) is 33.3 Å². The average molecular weight is 311 g/mol. The molecule has 0 N–H and O–H groups in total. The average Bonchev–Trinajstić information content (AvgIpc) is 2.51. The summed E-state index contributed by atoms with van der Waals surface area (Å²) in [7, 11) is 0. The first-order chi connectivity index (χ1) is 11.0. The van der Waals surface area contributed by atoms with E-state index in [-0.39, 0.29) is 16.9 Å². The molecule has 4 bridgehead atoms. The lowest BCUT2D eigenvalue weighted by Crippen LogP contribution is -2.49. The maximum Gasteiger partial charge on any atom is 0.270 e. The summed E-state index contributed by atoms with van der Waals surface area (Å²) >= 11 is 0. The Morgan fingerprint density at radius 1 is 1.13 bits per heavy atom. The zero-order chi connectivity index (χ0) is 16.0. The molecular weight excluding hydrogens is 290 g/mol. The summed E-state index contributed by atoms with van der Waals surface area (Å²) in [6.45, 7) is 0. The van der Waals surface area contributed by atoms with Gasteiger partial charge in [0.1, 0.15) is 0 Å². The molecule has 0 radical (unpaired) electrons. The summed E-state index contributed by atoms with van der Waals surface area (Å²) < 4.78 is 0. The highest BCUT2D eigenvalue weighted by molar-refractivity contribution is 5.98. The first-order valence-electron chi connectivity index (χ1n) is 8.51. The van der Waals surface area contributed by atoms with Crippen molar-refractivity contribution in [3.63, 3.8) is 0 Å². The van der Waals surface area contributed by atoms with Crippen LogP contribution in [-0.2, 0) is 4.79 Å². The van der Waals surface area contributed by atoms with Crippen LogP contribution in [0.1, 0.15) is 44.1 Å². The maximum absolute atomic E-state index is 12.9. The van der Waals surface area contributed by atoms with E-state index in [9.17, 15) is 14.9 Å². The van der Waals surface area contributed by atoms with Crippen LogP contribution < -0.4 is 0 Å². The minimum absolute atomic E-state index is 0.0643. The standard InChI is InChI=1S/C19H21NO3/c21-18(5-4-13-2-1-3-17(9-13)20(22)23)19-10-14-6-15(11-19)8-16(7-14)12-19/h1-5,9,14-16H,6-8,10-12H2/b5-4+. The van der Waals surface area contributed by atoms with Gasteiger partial charge in [-0.1, -0.05) is 18.2 Å². The molecule has 4 heteroatoms. The molecule has 4 aliphatic rings. The highest BCUT2D eigenvalue weighted by Crippen LogP contribution is 2.60. The molecule has 4 fully saturated rings. The molecule has 120 valence electrons. The third-order valence-electron chi connectivity index (χ3n) is 6.07. The van der Waals surface area contributed by atoms with Crippen molar-refractivity contribution in [3.05, 3.63) is 46.0 Å². The number of nitro benzene ring substituents is 1. The summed E-state index contributed by atoms with van der Waals surface area (Å²) in [5.41, 5.74) is 0.651. The van der Waals surface area contributed by atoms with Crippen LogP contribution in [0.25, 0.3) is 6.08 Å². The maximum atomic E-state index is 12.9. The minimum atomic E-state index is -0.405. The van der Waals surface area contributed by atoms with Gasteiger partial charge < -0.3 is 0 Å². The Bertz CT molecular complexity index is 656. The van der Waals surface area contributed by atoms with E-state index >= 15 is 0 Å². The van der Waals surface area contributed by atoms with E-state index < -0.39 is 4.92 Å². The van der Waals surface area contributed by atoms with Crippen LogP contribution in [0.3, 0.4) is 0 Å². The third kappa shape index (κ3) is 2.60. The number of hydrogen-bond acceptors (Lipinski definition) is 3. The number of nitrogens with zero attached hydrogens (tertiary/aromatic N) is 1. The molecule has 0 saturated heterocycles. The summed E-state index contributed by atoms with van der Waals surface area (Å²) in [5.74, 6) is 2.48. The van der Waals surface area contributed by atoms with E-state index in [0.717, 1.165) is 42.6 Å². The lowest BCUT2D eigenvalue weighted by atomic mass is 9.48. The smallest absolute Gasteiger partial charge is 0.270 e. The Hall–Kier alpha value is -1.97. The molecule has 0 amide bonds. The van der Waals surface area contributed by atoms with Gasteiger partial charge in [0.05, 0.1) is 4.92 Å². The molecule has 4 nitrogen and oxygen atoms in total. The van der Waals surface area contributed by atoms with Gasteiger partial charge >= 0.3 is 0 Å². The predicted octanol–water partition coefficient (Wildman–Crippen LogP) is 4.39. The largest absolute Gasteiger partial charge is 0.294 e. The molecular formula is C19H21NO3. The van der Waals surface area contributed by atoms with Gasteiger partial charge in [-0.2, -0.15) is 0 Å². The Morgan fingerprint density at radius 2 is 1.74 bits per heavy atom. The molecule has 4 aliphatic carbocycles. The van der Waals surface area contributed by atoms with Crippen molar-refractivity contribution in [2.75, 3.05) is 0 Å². The number of carbonyl (C=O) groups is 1. The number of nitro groups is 1. The number of non-ortho nitro benzene ring substituents is 1. The van der Waals surface area contributed by atoms with Crippen LogP contribution in [0.4, 0.5) is 5.69 Å². The summed E-state index contributed by atoms with van der Waals surface area (Å²) in [5, 5.41) is 10.8. The van der Waals surface area contributed by atoms with E-state index in [1.165, 1.54) is 31.4 Å². The van der Waals surface area contributed by atoms with Crippen LogP contribution in [-0.4, -0.2) is 10.7 Å². The van der Waals surface area contributed by atoms with Crippen LogP contribution >= 0.6 is 0 Å². The first-order valence-corrected chi connectivity index (χ1v) is 8.51. The van der Waals surface area contributed by atoms with Gasteiger partial charge in [0.2, 0.25) is 0 Å². The molecule has 0 aromatic heterocycles. The van der Waals surface area contributed by atoms with Gasteiger partial charge in [-0.3, -0.25) is 14.9 Å². The van der Waals surface area contributed by atoms with Crippen molar-refractivity contribution in [1.82, 2.24) is 0 Å². The van der Waals surface area contributed by atoms with Crippen molar-refractivity contribution in [1.29, 1.82) is 0 Å². The van der Waals surface area contributed by atoms with Crippen molar-refractivity contribution >= 4 is 17.5 Å². The van der Waals surface area contributed by atoms with E-state index in [1.54, 1.807) is 24.3 Å². The van der Waals surface area contributed by atoms with Gasteiger partial charge in [-0.05, 0) is 67.9 Å². The number of benzene rings is 1. The number of allylic oxidation sites excluding steroid dienone is 1. The van der Waals surface area contributed by atoms with E-state index in [0.29, 0.717) is 0 Å². The first kappa shape index (κ1) is 14.6. The molecule has 0 atom stereocenters. The predicted molar refractivity (Wildman–Crippen MR) is 87.7 cm³/mol. The zero-order valence-electron chi connectivity index (χ0n) is 13.1. The number of hydrogen-bond donors (Lipinski definition) is 0. The lowest BCUT2D eigenvalue weighted by molar-refractivity contribution is -0.384. The fourth-order valence-electron chi connectivity index (χ4n) is 5.50. The number of carbonyl (C=O) groups excluding carboxylic acids is 1. The van der Waals surface area contributed by atoms with Gasteiger partial charge in [0.25, 0.3) is 5.69 Å². The molecule has 5 rings (SSSR count). The number of rotatable bonds is 4. The minimum Gasteiger partial charge on any atom is -0.294 e. The Labute approximate surface area is 135 Å². The van der Waals surface area contributed by atoms with Gasteiger partial charge in [-0.15, -0.1) is 0 Å². The van der Waals surface area contributed by atoms with Crippen molar-refractivity contribution in [2.45, 2.75) is 38.5 Å². The fraction of sp³-hybridized carbons (Fsp3) is 0.526. The molecule has 1 aromatic carbocycles. The SMILES string of the molecule is O=C(/C=C/c1cccc([N+](=O)[O-])c1)C12CC3CC(CC(C3)C1)C2. The highest BCUT2D eigenvalue weighted by Gasteiger charge is 2.53. The third-order valence-corrected chi connectivity index (χ3v) is 6.07. The van der Waals surface area contributed by atoms with E-state index in [1.807, 2.05) is 0 Å². The topological polar surface area (TPSA) is 60.2 Å². The Kier molecular flexibility index (Phi) is 3.36. The second-order valence-corrected chi connectivity index (χ2v) is 7.75. The van der Waals surface area contributed by atoms with Crippen molar-refractivity contribution in [3.8, 4) is 0 Å². The van der Waals surface area contributed by atoms with Crippen LogP contribution in [0.15, 0.2) is 30.3 Å². The monoisotopic (exact) mass is 311 g/mol. The lowest BCUT2D eigenvalue weighted by Gasteiger charge is -2.55. The molecule has 1 aromatic rings. The quantitative estimate of drug-likeness (QED) is 0.470. The normalized spacial score (nSPS) is 34.9. The highest BCUT2D eigenvalue weighted by atomic mass is 16.6. The second kappa shape index (κ2) is 5.29. The molecule has 0 unspecified atom stereocenters. The number of ketones is 1. The molecule has 4 saturated carbocycles.